The van der Waals surface area contributed by atoms with Crippen molar-refractivity contribution in [3.8, 4) is 5.75 Å². The minimum Gasteiger partial charge on any atom is -0.486 e. The Morgan fingerprint density at radius 3 is 2.94 bits per heavy atom. The van der Waals surface area contributed by atoms with Gasteiger partial charge in [0.15, 0.2) is 5.76 Å². The minimum absolute atomic E-state index is 0.375. The number of rotatable bonds is 5. The molecule has 1 heterocycles. The lowest BCUT2D eigenvalue weighted by Gasteiger charge is -2.04. The first-order valence-corrected chi connectivity index (χ1v) is 5.68. The van der Waals surface area contributed by atoms with E-state index in [-0.39, 0.29) is 0 Å². The maximum atomic E-state index is 5.62. The van der Waals surface area contributed by atoms with Crippen LogP contribution in [-0.4, -0.2) is 5.16 Å². The maximum absolute atomic E-state index is 5.62. The molecule has 4 heteroatoms. The smallest absolute Gasteiger partial charge is 0.174 e. The van der Waals surface area contributed by atoms with E-state index in [0.29, 0.717) is 18.9 Å². The van der Waals surface area contributed by atoms with Gasteiger partial charge in [-0.1, -0.05) is 24.2 Å². The SMILES string of the molecule is CCc1cccc(OCc2cc(CN)no2)c1. The van der Waals surface area contributed by atoms with Crippen LogP contribution in [0.3, 0.4) is 0 Å². The van der Waals surface area contributed by atoms with Crippen molar-refractivity contribution in [2.75, 3.05) is 0 Å². The van der Waals surface area contributed by atoms with Crippen LogP contribution in [0.2, 0.25) is 0 Å². The number of nitrogens with zero attached hydrogens (tertiary/aromatic N) is 1. The Labute approximate surface area is 100 Å². The highest BCUT2D eigenvalue weighted by Gasteiger charge is 2.03. The number of aromatic nitrogens is 1. The Kier molecular flexibility index (Phi) is 3.77. The number of aryl methyl sites for hydroxylation is 1. The van der Waals surface area contributed by atoms with Crippen molar-refractivity contribution in [2.45, 2.75) is 26.5 Å². The van der Waals surface area contributed by atoms with Gasteiger partial charge in [-0.25, -0.2) is 0 Å². The van der Waals surface area contributed by atoms with Gasteiger partial charge in [-0.15, -0.1) is 0 Å². The van der Waals surface area contributed by atoms with Crippen molar-refractivity contribution in [3.63, 3.8) is 0 Å². The zero-order chi connectivity index (χ0) is 12.1. The quantitative estimate of drug-likeness (QED) is 0.859. The van der Waals surface area contributed by atoms with Crippen molar-refractivity contribution in [3.05, 3.63) is 47.3 Å². The second kappa shape index (κ2) is 5.50. The summed E-state index contributed by atoms with van der Waals surface area (Å²) in [6.07, 6.45) is 0.997. The van der Waals surface area contributed by atoms with Crippen LogP contribution < -0.4 is 10.5 Å². The van der Waals surface area contributed by atoms with E-state index in [4.69, 9.17) is 15.0 Å². The van der Waals surface area contributed by atoms with Gasteiger partial charge < -0.3 is 15.0 Å². The first-order valence-electron chi connectivity index (χ1n) is 5.68. The van der Waals surface area contributed by atoms with Crippen molar-refractivity contribution in [1.82, 2.24) is 5.16 Å². The highest BCUT2D eigenvalue weighted by atomic mass is 16.5. The summed E-state index contributed by atoms with van der Waals surface area (Å²) in [5, 5.41) is 3.80. The van der Waals surface area contributed by atoms with Gasteiger partial charge in [-0.2, -0.15) is 0 Å². The second-order valence-electron chi connectivity index (χ2n) is 3.78. The lowest BCUT2D eigenvalue weighted by Crippen LogP contribution is -1.96. The molecule has 2 N–H and O–H groups in total. The molecule has 0 amide bonds. The molecule has 0 atom stereocenters. The molecule has 17 heavy (non-hydrogen) atoms. The Balaban J connectivity index is 1.96. The predicted octanol–water partition coefficient (Wildman–Crippen LogP) is 2.27. The van der Waals surface area contributed by atoms with Gasteiger partial charge in [0.05, 0.1) is 5.69 Å². The van der Waals surface area contributed by atoms with E-state index in [1.807, 2.05) is 24.3 Å². The molecule has 2 rings (SSSR count). The maximum Gasteiger partial charge on any atom is 0.174 e. The van der Waals surface area contributed by atoms with Crippen molar-refractivity contribution >= 4 is 0 Å². The summed E-state index contributed by atoms with van der Waals surface area (Å²) in [6.45, 7) is 2.87. The number of benzene rings is 1. The first-order chi connectivity index (χ1) is 8.31. The summed E-state index contributed by atoms with van der Waals surface area (Å²) >= 11 is 0. The molecule has 0 unspecified atom stereocenters. The molecule has 0 spiro atoms. The van der Waals surface area contributed by atoms with E-state index < -0.39 is 0 Å². The van der Waals surface area contributed by atoms with Crippen LogP contribution >= 0.6 is 0 Å². The molecule has 0 aliphatic carbocycles. The van der Waals surface area contributed by atoms with E-state index in [2.05, 4.69) is 18.1 Å². The fraction of sp³-hybridized carbons (Fsp3) is 0.308. The van der Waals surface area contributed by atoms with Gasteiger partial charge >= 0.3 is 0 Å². The van der Waals surface area contributed by atoms with Crippen LogP contribution in [0.15, 0.2) is 34.9 Å². The molecule has 0 bridgehead atoms. The van der Waals surface area contributed by atoms with E-state index in [0.717, 1.165) is 17.9 Å². The molecule has 0 saturated heterocycles. The standard InChI is InChI=1S/C13H16N2O2/c1-2-10-4-3-5-12(6-10)16-9-13-7-11(8-14)15-17-13/h3-7H,2,8-9,14H2,1H3. The van der Waals surface area contributed by atoms with Gasteiger partial charge in [0.25, 0.3) is 0 Å². The van der Waals surface area contributed by atoms with Crippen LogP contribution in [0.5, 0.6) is 5.75 Å². The van der Waals surface area contributed by atoms with Crippen LogP contribution in [0.1, 0.15) is 23.9 Å². The van der Waals surface area contributed by atoms with Gasteiger partial charge in [0.1, 0.15) is 12.4 Å². The van der Waals surface area contributed by atoms with Crippen LogP contribution in [0.25, 0.3) is 0 Å². The van der Waals surface area contributed by atoms with Crippen LogP contribution in [0, 0.1) is 0 Å². The molecular weight excluding hydrogens is 216 g/mol. The lowest BCUT2D eigenvalue weighted by molar-refractivity contribution is 0.248. The summed E-state index contributed by atoms with van der Waals surface area (Å²) in [7, 11) is 0. The molecule has 1 aromatic carbocycles. The van der Waals surface area contributed by atoms with Crippen LogP contribution in [-0.2, 0) is 19.6 Å². The summed E-state index contributed by atoms with van der Waals surface area (Å²) in [6, 6.07) is 9.83. The van der Waals surface area contributed by atoms with Gasteiger partial charge in [0.2, 0.25) is 0 Å². The third kappa shape index (κ3) is 3.07. The Hall–Kier alpha value is -1.81. The molecule has 1 aromatic heterocycles. The number of hydrogen-bond acceptors (Lipinski definition) is 4. The molecule has 0 fully saturated rings. The van der Waals surface area contributed by atoms with Crippen molar-refractivity contribution < 1.29 is 9.26 Å². The second-order valence-corrected chi connectivity index (χ2v) is 3.78. The largest absolute Gasteiger partial charge is 0.486 e. The lowest BCUT2D eigenvalue weighted by atomic mass is 10.2. The van der Waals surface area contributed by atoms with Gasteiger partial charge in [-0.05, 0) is 24.1 Å². The third-order valence-electron chi connectivity index (χ3n) is 2.50. The molecule has 0 saturated carbocycles. The Bertz CT molecular complexity index is 480. The molecule has 4 nitrogen and oxygen atoms in total. The number of nitrogens with two attached hydrogens (primary N) is 1. The minimum atomic E-state index is 0.375. The normalized spacial score (nSPS) is 10.5. The van der Waals surface area contributed by atoms with Crippen molar-refractivity contribution in [1.29, 1.82) is 0 Å². The van der Waals surface area contributed by atoms with Gasteiger partial charge in [0, 0.05) is 12.6 Å². The van der Waals surface area contributed by atoms with Gasteiger partial charge in [-0.3, -0.25) is 0 Å². The topological polar surface area (TPSA) is 61.3 Å². The van der Waals surface area contributed by atoms with E-state index in [9.17, 15) is 0 Å². The molecule has 0 aliphatic rings. The Morgan fingerprint density at radius 1 is 1.35 bits per heavy atom. The third-order valence-corrected chi connectivity index (χ3v) is 2.50. The average Bonchev–Trinajstić information content (AvgIpc) is 2.84. The zero-order valence-electron chi connectivity index (χ0n) is 9.85. The van der Waals surface area contributed by atoms with E-state index >= 15 is 0 Å². The molecule has 2 aromatic rings. The molecule has 0 aliphatic heterocycles. The summed E-state index contributed by atoms with van der Waals surface area (Å²) in [5.41, 5.74) is 7.44. The predicted molar refractivity (Wildman–Crippen MR) is 64.5 cm³/mol. The average molecular weight is 232 g/mol. The fourth-order valence-electron chi connectivity index (χ4n) is 1.53. The highest BCUT2D eigenvalue weighted by Crippen LogP contribution is 2.15. The summed E-state index contributed by atoms with van der Waals surface area (Å²) < 4.78 is 10.7. The summed E-state index contributed by atoms with van der Waals surface area (Å²) in [5.74, 6) is 1.53. The van der Waals surface area contributed by atoms with E-state index in [1.165, 1.54) is 5.56 Å². The zero-order valence-corrected chi connectivity index (χ0v) is 9.85. The number of ether oxygens (including phenoxy) is 1. The highest BCUT2D eigenvalue weighted by molar-refractivity contribution is 5.28. The van der Waals surface area contributed by atoms with Crippen molar-refractivity contribution in [2.24, 2.45) is 5.73 Å². The first kappa shape index (κ1) is 11.7. The monoisotopic (exact) mass is 232 g/mol. The number of hydrogen-bond donors (Lipinski definition) is 1. The molecule has 0 radical (unpaired) electrons. The van der Waals surface area contributed by atoms with Crippen LogP contribution in [0.4, 0.5) is 0 Å². The fourth-order valence-corrected chi connectivity index (χ4v) is 1.53. The van der Waals surface area contributed by atoms with E-state index in [1.54, 1.807) is 0 Å². The summed E-state index contributed by atoms with van der Waals surface area (Å²) in [4.78, 5) is 0. The Morgan fingerprint density at radius 2 is 2.24 bits per heavy atom. The molecular formula is C13H16N2O2. The molecule has 90 valence electrons.